The second-order valence-corrected chi connectivity index (χ2v) is 6.70. The van der Waals surface area contributed by atoms with Gasteiger partial charge < -0.3 is 5.73 Å². The maximum atomic E-state index is 11.6. The molecule has 21 heavy (non-hydrogen) atoms. The van der Waals surface area contributed by atoms with E-state index in [4.69, 9.17) is 5.73 Å². The highest BCUT2D eigenvalue weighted by atomic mass is 32.1. The van der Waals surface area contributed by atoms with Crippen LogP contribution >= 0.6 is 11.3 Å². The van der Waals surface area contributed by atoms with Crippen molar-refractivity contribution in [2.45, 2.75) is 58.2 Å². The van der Waals surface area contributed by atoms with Crippen molar-refractivity contribution in [3.63, 3.8) is 0 Å². The summed E-state index contributed by atoms with van der Waals surface area (Å²) < 4.78 is 0. The van der Waals surface area contributed by atoms with Crippen LogP contribution in [0.15, 0.2) is 5.38 Å². The maximum Gasteiger partial charge on any atom is 0.225 e. The second kappa shape index (κ2) is 7.33. The van der Waals surface area contributed by atoms with E-state index in [9.17, 15) is 4.79 Å². The van der Waals surface area contributed by atoms with Gasteiger partial charge in [-0.05, 0) is 39.7 Å². The first kappa shape index (κ1) is 16.4. The Morgan fingerprint density at radius 2 is 2.10 bits per heavy atom. The largest absolute Gasteiger partial charge is 0.328 e. The van der Waals surface area contributed by atoms with E-state index < -0.39 is 0 Å². The number of amides is 1. The predicted molar refractivity (Wildman–Crippen MR) is 87.5 cm³/mol. The fourth-order valence-corrected chi connectivity index (χ4v) is 3.84. The molecule has 5 nitrogen and oxygen atoms in total. The van der Waals surface area contributed by atoms with Gasteiger partial charge in [0.15, 0.2) is 5.13 Å². The second-order valence-electron chi connectivity index (χ2n) is 5.87. The van der Waals surface area contributed by atoms with Gasteiger partial charge in [-0.15, -0.1) is 11.3 Å². The lowest BCUT2D eigenvalue weighted by Gasteiger charge is -2.33. The molecule has 0 saturated heterocycles. The topological polar surface area (TPSA) is 62.5 Å². The van der Waals surface area contributed by atoms with Gasteiger partial charge in [0.05, 0.1) is 5.69 Å². The molecule has 1 fully saturated rings. The molecule has 0 bridgehead atoms. The standard InChI is InChI=1S/C15H26N4OS/c1-4-19(11(2)20)15-17-13(10-21-15)9-18(3)14-7-5-12(16)6-8-14/h10,12,14H,4-9,16H2,1-3H3. The highest BCUT2D eigenvalue weighted by molar-refractivity contribution is 7.14. The van der Waals surface area contributed by atoms with Crippen LogP contribution in [0.25, 0.3) is 0 Å². The Labute approximate surface area is 131 Å². The molecule has 0 aromatic carbocycles. The van der Waals surface area contributed by atoms with Crippen LogP contribution in [0.5, 0.6) is 0 Å². The number of nitrogens with zero attached hydrogens (tertiary/aromatic N) is 3. The SMILES string of the molecule is CCN(C(C)=O)c1nc(CN(C)C2CCC(N)CC2)cs1. The van der Waals surface area contributed by atoms with E-state index in [-0.39, 0.29) is 5.91 Å². The average Bonchev–Trinajstić information content (AvgIpc) is 2.88. The van der Waals surface area contributed by atoms with Crippen LogP contribution in [0.2, 0.25) is 0 Å². The molecule has 0 radical (unpaired) electrons. The Morgan fingerprint density at radius 1 is 1.43 bits per heavy atom. The highest BCUT2D eigenvalue weighted by Crippen LogP contribution is 2.25. The molecule has 1 heterocycles. The number of hydrogen-bond donors (Lipinski definition) is 1. The fraction of sp³-hybridized carbons (Fsp3) is 0.733. The monoisotopic (exact) mass is 310 g/mol. The summed E-state index contributed by atoms with van der Waals surface area (Å²) in [6, 6.07) is 0.985. The van der Waals surface area contributed by atoms with E-state index in [0.29, 0.717) is 18.6 Å². The van der Waals surface area contributed by atoms with Gasteiger partial charge in [0.25, 0.3) is 0 Å². The molecular formula is C15H26N4OS. The average molecular weight is 310 g/mol. The number of nitrogens with two attached hydrogens (primary N) is 1. The molecule has 118 valence electrons. The van der Waals surface area contributed by atoms with Crippen LogP contribution in [0.1, 0.15) is 45.2 Å². The summed E-state index contributed by atoms with van der Waals surface area (Å²) in [6.45, 7) is 5.06. The van der Waals surface area contributed by atoms with Gasteiger partial charge in [-0.25, -0.2) is 4.98 Å². The van der Waals surface area contributed by atoms with Crippen molar-refractivity contribution < 1.29 is 4.79 Å². The lowest BCUT2D eigenvalue weighted by Crippen LogP contribution is -2.38. The Kier molecular flexibility index (Phi) is 5.72. The lowest BCUT2D eigenvalue weighted by molar-refractivity contribution is -0.116. The number of anilines is 1. The first-order valence-corrected chi connectivity index (χ1v) is 8.57. The quantitative estimate of drug-likeness (QED) is 0.906. The van der Waals surface area contributed by atoms with Crippen LogP contribution in [-0.4, -0.2) is 41.5 Å². The summed E-state index contributed by atoms with van der Waals surface area (Å²) in [5.41, 5.74) is 7.01. The van der Waals surface area contributed by atoms with Gasteiger partial charge in [-0.1, -0.05) is 0 Å². The molecule has 1 aliphatic carbocycles. The van der Waals surface area contributed by atoms with Crippen LogP contribution in [-0.2, 0) is 11.3 Å². The molecule has 0 atom stereocenters. The Hall–Kier alpha value is -0.980. The first-order chi connectivity index (χ1) is 10.0. The molecule has 0 aliphatic heterocycles. The minimum absolute atomic E-state index is 0.0491. The molecule has 1 aromatic heterocycles. The van der Waals surface area contributed by atoms with Crippen molar-refractivity contribution in [3.05, 3.63) is 11.1 Å². The summed E-state index contributed by atoms with van der Waals surface area (Å²) in [5, 5.41) is 2.87. The maximum absolute atomic E-state index is 11.6. The molecule has 1 amide bonds. The van der Waals surface area contributed by atoms with E-state index in [0.717, 1.165) is 30.2 Å². The molecule has 1 saturated carbocycles. The normalized spacial score (nSPS) is 22.5. The van der Waals surface area contributed by atoms with Gasteiger partial charge in [0, 0.05) is 37.5 Å². The minimum atomic E-state index is 0.0491. The summed E-state index contributed by atoms with van der Waals surface area (Å²) in [6.07, 6.45) is 4.57. The van der Waals surface area contributed by atoms with Gasteiger partial charge in [-0.3, -0.25) is 14.6 Å². The summed E-state index contributed by atoms with van der Waals surface area (Å²) in [7, 11) is 2.16. The third-order valence-electron chi connectivity index (χ3n) is 4.24. The number of carbonyl (C=O) groups excluding carboxylic acids is 1. The van der Waals surface area contributed by atoms with Crippen molar-refractivity contribution in [2.75, 3.05) is 18.5 Å². The van der Waals surface area contributed by atoms with Gasteiger partial charge in [0.2, 0.25) is 5.91 Å². The van der Waals surface area contributed by atoms with Gasteiger partial charge in [-0.2, -0.15) is 0 Å². The van der Waals surface area contributed by atoms with Gasteiger partial charge in [0.1, 0.15) is 0 Å². The molecule has 0 unspecified atom stereocenters. The molecule has 2 rings (SSSR count). The molecule has 6 heteroatoms. The van der Waals surface area contributed by atoms with E-state index >= 15 is 0 Å². The van der Waals surface area contributed by atoms with Crippen molar-refractivity contribution in [3.8, 4) is 0 Å². The van der Waals surface area contributed by atoms with Crippen molar-refractivity contribution in [2.24, 2.45) is 5.73 Å². The first-order valence-electron chi connectivity index (χ1n) is 7.69. The summed E-state index contributed by atoms with van der Waals surface area (Å²) in [5.74, 6) is 0.0491. The number of carbonyl (C=O) groups is 1. The Bertz CT molecular complexity index is 468. The highest BCUT2D eigenvalue weighted by Gasteiger charge is 2.22. The third kappa shape index (κ3) is 4.25. The molecule has 0 spiro atoms. The zero-order valence-electron chi connectivity index (χ0n) is 13.2. The van der Waals surface area contributed by atoms with Crippen LogP contribution < -0.4 is 10.6 Å². The zero-order chi connectivity index (χ0) is 15.4. The van der Waals surface area contributed by atoms with Crippen LogP contribution in [0.4, 0.5) is 5.13 Å². The van der Waals surface area contributed by atoms with Gasteiger partial charge >= 0.3 is 0 Å². The van der Waals surface area contributed by atoms with Crippen LogP contribution in [0, 0.1) is 0 Å². The molecule has 2 N–H and O–H groups in total. The lowest BCUT2D eigenvalue weighted by atomic mass is 9.91. The third-order valence-corrected chi connectivity index (χ3v) is 5.16. The predicted octanol–water partition coefficient (Wildman–Crippen LogP) is 2.22. The van der Waals surface area contributed by atoms with Crippen LogP contribution in [0.3, 0.4) is 0 Å². The fourth-order valence-electron chi connectivity index (χ4n) is 2.91. The van der Waals surface area contributed by atoms with E-state index in [1.165, 1.54) is 12.8 Å². The number of rotatable bonds is 5. The molecule has 1 aromatic rings. The minimum Gasteiger partial charge on any atom is -0.328 e. The van der Waals surface area contributed by atoms with E-state index in [1.807, 2.05) is 6.92 Å². The number of hydrogen-bond acceptors (Lipinski definition) is 5. The molecule has 1 aliphatic rings. The van der Waals surface area contributed by atoms with Crippen molar-refractivity contribution in [1.29, 1.82) is 0 Å². The zero-order valence-corrected chi connectivity index (χ0v) is 14.0. The number of aromatic nitrogens is 1. The Morgan fingerprint density at radius 3 is 2.67 bits per heavy atom. The smallest absolute Gasteiger partial charge is 0.225 e. The summed E-state index contributed by atoms with van der Waals surface area (Å²) in [4.78, 5) is 20.3. The van der Waals surface area contributed by atoms with Crippen molar-refractivity contribution in [1.82, 2.24) is 9.88 Å². The van der Waals surface area contributed by atoms with Crippen molar-refractivity contribution >= 4 is 22.4 Å². The number of thiazole rings is 1. The summed E-state index contributed by atoms with van der Waals surface area (Å²) >= 11 is 1.55. The van der Waals surface area contributed by atoms with E-state index in [1.54, 1.807) is 23.2 Å². The van der Waals surface area contributed by atoms with E-state index in [2.05, 4.69) is 22.3 Å². The Balaban J connectivity index is 1.94. The molecular weight excluding hydrogens is 284 g/mol.